The maximum absolute atomic E-state index is 11.4. The molecule has 1 N–H and O–H groups in total. The largest absolute Gasteiger partial charge is 0.486 e. The van der Waals surface area contributed by atoms with Crippen LogP contribution in [0.4, 0.5) is 5.69 Å². The van der Waals surface area contributed by atoms with Gasteiger partial charge in [0.15, 0.2) is 11.5 Å². The van der Waals surface area contributed by atoms with Gasteiger partial charge in [-0.25, -0.2) is 4.79 Å². The van der Waals surface area contributed by atoms with Gasteiger partial charge in [-0.05, 0) is 12.1 Å². The van der Waals surface area contributed by atoms with Gasteiger partial charge in [0.2, 0.25) is 0 Å². The molecule has 0 saturated carbocycles. The normalized spacial score (nSPS) is 14.5. The summed E-state index contributed by atoms with van der Waals surface area (Å²) in [5, 5.41) is 3.00. The van der Waals surface area contributed by atoms with Crippen LogP contribution in [0.1, 0.15) is 0 Å². The first-order valence-corrected chi connectivity index (χ1v) is 5.61. The number of methoxy groups -OCH3 is 1. The molecule has 0 bridgehead atoms. The molecule has 5 heteroatoms. The minimum atomic E-state index is -0.586. The summed E-state index contributed by atoms with van der Waals surface area (Å²) in [6.07, 6.45) is 1.49. The summed E-state index contributed by atoms with van der Waals surface area (Å²) < 4.78 is 15.5. The Bertz CT molecular complexity index is 458. The van der Waals surface area contributed by atoms with Crippen LogP contribution in [0.25, 0.3) is 0 Å². The fourth-order valence-electron chi connectivity index (χ4n) is 1.65. The van der Waals surface area contributed by atoms with Crippen LogP contribution in [0.5, 0.6) is 11.5 Å². The molecule has 5 nitrogen and oxygen atoms in total. The summed E-state index contributed by atoms with van der Waals surface area (Å²) in [4.78, 5) is 11.4. The Balaban J connectivity index is 2.13. The van der Waals surface area contributed by atoms with Crippen LogP contribution in [0.3, 0.4) is 0 Å². The Morgan fingerprint density at radius 1 is 1.44 bits per heavy atom. The average Bonchev–Trinajstić information content (AvgIpc) is 2.43. The number of hydrogen-bond acceptors (Lipinski definition) is 5. The molecule has 96 valence electrons. The molecule has 1 heterocycles. The van der Waals surface area contributed by atoms with Gasteiger partial charge in [0, 0.05) is 11.8 Å². The van der Waals surface area contributed by atoms with E-state index in [1.807, 2.05) is 6.07 Å². The van der Waals surface area contributed by atoms with Crippen LogP contribution in [-0.2, 0) is 9.53 Å². The zero-order valence-electron chi connectivity index (χ0n) is 10.1. The van der Waals surface area contributed by atoms with E-state index in [0.717, 1.165) is 5.69 Å². The van der Waals surface area contributed by atoms with E-state index in [9.17, 15) is 4.79 Å². The van der Waals surface area contributed by atoms with E-state index < -0.39 is 6.04 Å². The van der Waals surface area contributed by atoms with Crippen LogP contribution >= 0.6 is 0 Å². The first kappa shape index (κ1) is 12.3. The van der Waals surface area contributed by atoms with Crippen molar-refractivity contribution < 1.29 is 19.0 Å². The fourth-order valence-corrected chi connectivity index (χ4v) is 1.65. The van der Waals surface area contributed by atoms with Crippen LogP contribution in [0, 0.1) is 0 Å². The van der Waals surface area contributed by atoms with Crippen molar-refractivity contribution in [1.82, 2.24) is 0 Å². The summed E-state index contributed by atoms with van der Waals surface area (Å²) in [6.45, 7) is 4.67. The molecule has 0 aliphatic carbocycles. The molecular weight excluding hydrogens is 234 g/mol. The van der Waals surface area contributed by atoms with Gasteiger partial charge in [-0.2, -0.15) is 0 Å². The highest BCUT2D eigenvalue weighted by atomic mass is 16.6. The third kappa shape index (κ3) is 2.56. The van der Waals surface area contributed by atoms with E-state index in [1.165, 1.54) is 13.2 Å². The zero-order chi connectivity index (χ0) is 13.0. The highest BCUT2D eigenvalue weighted by molar-refractivity contribution is 5.81. The number of rotatable bonds is 4. The monoisotopic (exact) mass is 249 g/mol. The number of anilines is 1. The maximum atomic E-state index is 11.4. The molecule has 0 spiro atoms. The van der Waals surface area contributed by atoms with Gasteiger partial charge in [0.1, 0.15) is 19.3 Å². The third-order valence-corrected chi connectivity index (χ3v) is 2.56. The van der Waals surface area contributed by atoms with Crippen LogP contribution in [-0.4, -0.2) is 32.3 Å². The average molecular weight is 249 g/mol. The summed E-state index contributed by atoms with van der Waals surface area (Å²) >= 11 is 0. The van der Waals surface area contributed by atoms with Crippen molar-refractivity contribution in [2.24, 2.45) is 0 Å². The highest BCUT2D eigenvalue weighted by Gasteiger charge is 2.17. The number of esters is 1. The van der Waals surface area contributed by atoms with Gasteiger partial charge in [-0.15, -0.1) is 6.58 Å². The van der Waals surface area contributed by atoms with E-state index in [0.29, 0.717) is 24.7 Å². The zero-order valence-corrected chi connectivity index (χ0v) is 10.1. The predicted octanol–water partition coefficient (Wildman–Crippen LogP) is 1.60. The minimum absolute atomic E-state index is 0.389. The molecule has 18 heavy (non-hydrogen) atoms. The van der Waals surface area contributed by atoms with Crippen molar-refractivity contribution in [1.29, 1.82) is 0 Å². The van der Waals surface area contributed by atoms with Crippen molar-refractivity contribution in [3.8, 4) is 11.5 Å². The van der Waals surface area contributed by atoms with Gasteiger partial charge >= 0.3 is 5.97 Å². The quantitative estimate of drug-likeness (QED) is 0.648. The Kier molecular flexibility index (Phi) is 3.72. The number of fused-ring (bicyclic) bond motifs is 1. The van der Waals surface area contributed by atoms with Gasteiger partial charge in [0.05, 0.1) is 7.11 Å². The first-order valence-electron chi connectivity index (χ1n) is 5.61. The fraction of sp³-hybridized carbons (Fsp3) is 0.308. The SMILES string of the molecule is C=CC(Nc1ccc2c(c1)OCCO2)C(=O)OC. The Morgan fingerprint density at radius 3 is 2.83 bits per heavy atom. The molecule has 0 fully saturated rings. The molecule has 2 rings (SSSR count). The van der Waals surface area contributed by atoms with Crippen molar-refractivity contribution in [2.75, 3.05) is 25.6 Å². The molecule has 1 unspecified atom stereocenters. The second-order valence-electron chi connectivity index (χ2n) is 3.74. The third-order valence-electron chi connectivity index (χ3n) is 2.56. The van der Waals surface area contributed by atoms with Crippen LogP contribution in [0.15, 0.2) is 30.9 Å². The lowest BCUT2D eigenvalue weighted by atomic mass is 10.2. The maximum Gasteiger partial charge on any atom is 0.332 e. The Morgan fingerprint density at radius 2 is 2.17 bits per heavy atom. The number of hydrogen-bond donors (Lipinski definition) is 1. The Labute approximate surface area is 105 Å². The van der Waals surface area contributed by atoms with E-state index in [-0.39, 0.29) is 5.97 Å². The van der Waals surface area contributed by atoms with Crippen LogP contribution in [0.2, 0.25) is 0 Å². The summed E-state index contributed by atoms with van der Waals surface area (Å²) in [5.74, 6) is 0.985. The minimum Gasteiger partial charge on any atom is -0.486 e. The van der Waals surface area contributed by atoms with E-state index in [1.54, 1.807) is 12.1 Å². The predicted molar refractivity (Wildman–Crippen MR) is 67.1 cm³/mol. The Hall–Kier alpha value is -2.17. The second kappa shape index (κ2) is 5.44. The second-order valence-corrected chi connectivity index (χ2v) is 3.74. The smallest absolute Gasteiger partial charge is 0.332 e. The molecule has 1 aromatic rings. The molecular formula is C13H15NO4. The molecule has 1 atom stereocenters. The number of nitrogens with one attached hydrogen (secondary N) is 1. The number of ether oxygens (including phenoxy) is 3. The van der Waals surface area contributed by atoms with Crippen molar-refractivity contribution in [3.63, 3.8) is 0 Å². The highest BCUT2D eigenvalue weighted by Crippen LogP contribution is 2.32. The summed E-state index contributed by atoms with van der Waals surface area (Å²) in [5.41, 5.74) is 0.745. The number of carbonyl (C=O) groups is 1. The number of benzene rings is 1. The lowest BCUT2D eigenvalue weighted by Crippen LogP contribution is -2.28. The molecule has 0 saturated heterocycles. The molecule has 0 radical (unpaired) electrons. The molecule has 0 amide bonds. The van der Waals surface area contributed by atoms with Gasteiger partial charge in [-0.1, -0.05) is 6.08 Å². The standard InChI is InChI=1S/C13H15NO4/c1-3-10(13(15)16-2)14-9-4-5-11-12(8-9)18-7-6-17-11/h3-5,8,10,14H,1,6-7H2,2H3. The molecule has 1 aromatic carbocycles. The lowest BCUT2D eigenvalue weighted by molar-refractivity contribution is -0.140. The summed E-state index contributed by atoms with van der Waals surface area (Å²) in [6, 6.07) is 4.81. The van der Waals surface area contributed by atoms with Crippen molar-refractivity contribution in [3.05, 3.63) is 30.9 Å². The number of carbonyl (C=O) groups excluding carboxylic acids is 1. The van der Waals surface area contributed by atoms with Crippen molar-refractivity contribution >= 4 is 11.7 Å². The van der Waals surface area contributed by atoms with Gasteiger partial charge in [-0.3, -0.25) is 0 Å². The van der Waals surface area contributed by atoms with E-state index in [4.69, 9.17) is 9.47 Å². The summed E-state index contributed by atoms with van der Waals surface area (Å²) in [7, 11) is 1.34. The molecule has 0 aromatic heterocycles. The van der Waals surface area contributed by atoms with E-state index >= 15 is 0 Å². The first-order chi connectivity index (χ1) is 8.74. The van der Waals surface area contributed by atoms with E-state index in [2.05, 4.69) is 16.6 Å². The lowest BCUT2D eigenvalue weighted by Gasteiger charge is -2.20. The molecule has 1 aliphatic heterocycles. The molecule has 1 aliphatic rings. The van der Waals surface area contributed by atoms with Crippen LogP contribution < -0.4 is 14.8 Å². The topological polar surface area (TPSA) is 56.8 Å². The van der Waals surface area contributed by atoms with Gasteiger partial charge < -0.3 is 19.5 Å². The van der Waals surface area contributed by atoms with Crippen molar-refractivity contribution in [2.45, 2.75) is 6.04 Å². The van der Waals surface area contributed by atoms with Gasteiger partial charge in [0.25, 0.3) is 0 Å².